The molecule has 0 saturated heterocycles. The monoisotopic (exact) mass is 758 g/mol. The van der Waals surface area contributed by atoms with E-state index < -0.39 is 21.3 Å². The van der Waals surface area contributed by atoms with E-state index >= 15 is 0 Å². The van der Waals surface area contributed by atoms with Crippen molar-refractivity contribution >= 4 is 15.9 Å². The van der Waals surface area contributed by atoms with Gasteiger partial charge in [0.15, 0.2) is 0 Å². The standard InChI is InChI=1S/2C21H23.2C2H7N.C2H4.Zr/c2*1-5-15-13-17-7-6-8-19(20(17)14-15)16-9-11-18(12-10-16)21(2,3)4;2*1-3-2;1-2;/h2*6-14H,5H2,1-4H3;2*3H,1-2H3;1H,2H3;. The van der Waals surface area contributed by atoms with Crippen LogP contribution in [0, 0.1) is 0 Å². The van der Waals surface area contributed by atoms with Crippen LogP contribution in [0.2, 0.25) is 0 Å². The number of allylic oxidation sites excluding steroid dienone is 2. The Balaban J connectivity index is 0.000000909. The van der Waals surface area contributed by atoms with E-state index in [0.29, 0.717) is 7.25 Å². The molecule has 4 aromatic carbocycles. The normalized spacial score (nSPS) is 16.1. The Morgan fingerprint density at radius 2 is 0.882 bits per heavy atom. The minimum atomic E-state index is -2.28. The molecule has 4 aromatic rings. The van der Waals surface area contributed by atoms with E-state index in [2.05, 4.69) is 174 Å². The second-order valence-electron chi connectivity index (χ2n) is 16.1. The van der Waals surface area contributed by atoms with Crippen molar-refractivity contribution in [2.75, 3.05) is 28.2 Å². The SMILES string of the molecule is CNC.CNC.C[CH]=[Zr]([CH]1C(CC)=Cc2c(-c3ccc(C(C)(C)C)cc3)cccc21)[CH]1C(CC)=Cc2c(-c3ccc(C(C)(C)C)cc3)cccc21. The van der Waals surface area contributed by atoms with Crippen LogP contribution in [0.15, 0.2) is 96.1 Å². The van der Waals surface area contributed by atoms with Crippen molar-refractivity contribution in [3.63, 3.8) is 0 Å². The Morgan fingerprint density at radius 1 is 0.549 bits per heavy atom. The van der Waals surface area contributed by atoms with Crippen LogP contribution in [0.3, 0.4) is 0 Å². The van der Waals surface area contributed by atoms with Gasteiger partial charge in [-0.3, -0.25) is 0 Å². The summed E-state index contributed by atoms with van der Waals surface area (Å²) in [7, 11) is 7.50. The van der Waals surface area contributed by atoms with Gasteiger partial charge in [-0.1, -0.05) is 0 Å². The van der Waals surface area contributed by atoms with Crippen LogP contribution in [0.5, 0.6) is 0 Å². The molecule has 2 unspecified atom stereocenters. The molecule has 0 radical (unpaired) electrons. The Hall–Kier alpha value is -2.97. The quantitative estimate of drug-likeness (QED) is 0.205. The zero-order valence-corrected chi connectivity index (χ0v) is 36.3. The number of hydrogen-bond acceptors (Lipinski definition) is 2. The van der Waals surface area contributed by atoms with Gasteiger partial charge in [0.1, 0.15) is 0 Å². The molecule has 2 nitrogen and oxygen atoms in total. The first-order chi connectivity index (χ1) is 24.3. The third kappa shape index (κ3) is 8.98. The molecule has 2 atom stereocenters. The molecule has 0 amide bonds. The summed E-state index contributed by atoms with van der Waals surface area (Å²) in [5.74, 6) is 0. The molecule has 0 heterocycles. The van der Waals surface area contributed by atoms with Crippen molar-refractivity contribution in [1.29, 1.82) is 0 Å². The molecular weight excluding hydrogens is 696 g/mol. The Bertz CT molecular complexity index is 1720. The van der Waals surface area contributed by atoms with Gasteiger partial charge in [0, 0.05) is 0 Å². The first kappa shape index (κ1) is 40.8. The fraction of sp³-hybridized carbons (Fsp3) is 0.396. The Kier molecular flexibility index (Phi) is 14.2. The number of hydrogen-bond donors (Lipinski definition) is 2. The van der Waals surface area contributed by atoms with Crippen molar-refractivity contribution < 1.29 is 21.3 Å². The van der Waals surface area contributed by atoms with E-state index in [0.717, 1.165) is 12.8 Å². The molecule has 0 bridgehead atoms. The average Bonchev–Trinajstić information content (AvgIpc) is 3.67. The first-order valence-corrected chi connectivity index (χ1v) is 23.3. The molecular formula is C48H64N2Zr. The second kappa shape index (κ2) is 17.7. The van der Waals surface area contributed by atoms with Crippen LogP contribution < -0.4 is 10.6 Å². The summed E-state index contributed by atoms with van der Waals surface area (Å²) >= 11 is -2.28. The number of nitrogens with one attached hydrogen (secondary N) is 2. The summed E-state index contributed by atoms with van der Waals surface area (Å²) < 4.78 is 3.86. The predicted molar refractivity (Wildman–Crippen MR) is 225 cm³/mol. The fourth-order valence-electron chi connectivity index (χ4n) is 7.63. The maximum absolute atomic E-state index is 2.75. The molecule has 0 aliphatic heterocycles. The van der Waals surface area contributed by atoms with Gasteiger partial charge < -0.3 is 10.6 Å². The summed E-state index contributed by atoms with van der Waals surface area (Å²) in [6.45, 7) is 20.9. The molecule has 2 aliphatic carbocycles. The van der Waals surface area contributed by atoms with E-state index in [4.69, 9.17) is 0 Å². The summed E-state index contributed by atoms with van der Waals surface area (Å²) in [5, 5.41) is 5.50. The van der Waals surface area contributed by atoms with Crippen LogP contribution in [0.4, 0.5) is 0 Å². The zero-order chi connectivity index (χ0) is 37.5. The molecule has 3 heteroatoms. The molecule has 2 aliphatic rings. The van der Waals surface area contributed by atoms with Crippen LogP contribution in [-0.4, -0.2) is 31.9 Å². The number of fused-ring (bicyclic) bond motifs is 2. The van der Waals surface area contributed by atoms with E-state index in [-0.39, 0.29) is 10.8 Å². The Morgan fingerprint density at radius 3 is 1.16 bits per heavy atom. The summed E-state index contributed by atoms with van der Waals surface area (Å²) in [6, 6.07) is 32.9. The predicted octanol–water partition coefficient (Wildman–Crippen LogP) is 12.1. The van der Waals surface area contributed by atoms with Crippen molar-refractivity contribution in [3.05, 3.63) is 129 Å². The zero-order valence-electron chi connectivity index (χ0n) is 33.9. The van der Waals surface area contributed by atoms with Crippen LogP contribution >= 0.6 is 0 Å². The maximum atomic E-state index is 2.75. The molecule has 0 fully saturated rings. The van der Waals surface area contributed by atoms with Gasteiger partial charge in [-0.2, -0.15) is 0 Å². The molecule has 0 saturated carbocycles. The fourth-order valence-corrected chi connectivity index (χ4v) is 16.6. The third-order valence-corrected chi connectivity index (χ3v) is 18.5. The van der Waals surface area contributed by atoms with E-state index in [1.165, 1.54) is 44.5 Å². The van der Waals surface area contributed by atoms with Gasteiger partial charge >= 0.3 is 282 Å². The van der Waals surface area contributed by atoms with Crippen molar-refractivity contribution in [2.45, 2.75) is 93.2 Å². The van der Waals surface area contributed by atoms with E-state index in [1.54, 1.807) is 22.3 Å². The van der Waals surface area contributed by atoms with Gasteiger partial charge in [-0.15, -0.1) is 0 Å². The van der Waals surface area contributed by atoms with Crippen LogP contribution in [0.25, 0.3) is 34.4 Å². The van der Waals surface area contributed by atoms with Crippen molar-refractivity contribution in [2.24, 2.45) is 0 Å². The second-order valence-corrected chi connectivity index (χ2v) is 22.8. The van der Waals surface area contributed by atoms with Gasteiger partial charge in [-0.05, 0) is 28.2 Å². The molecule has 0 aromatic heterocycles. The molecule has 51 heavy (non-hydrogen) atoms. The molecule has 270 valence electrons. The van der Waals surface area contributed by atoms with Crippen LogP contribution in [0.1, 0.15) is 116 Å². The van der Waals surface area contributed by atoms with Gasteiger partial charge in [-0.25, -0.2) is 0 Å². The van der Waals surface area contributed by atoms with E-state index in [9.17, 15) is 0 Å². The van der Waals surface area contributed by atoms with Gasteiger partial charge in [0.2, 0.25) is 0 Å². The van der Waals surface area contributed by atoms with Crippen molar-refractivity contribution in [3.8, 4) is 22.3 Å². The minimum absolute atomic E-state index is 0.160. The van der Waals surface area contributed by atoms with Crippen LogP contribution in [-0.2, 0) is 32.1 Å². The van der Waals surface area contributed by atoms with Gasteiger partial charge in [0.25, 0.3) is 0 Å². The summed E-state index contributed by atoms with van der Waals surface area (Å²) in [4.78, 5) is 0. The van der Waals surface area contributed by atoms with Crippen molar-refractivity contribution in [1.82, 2.24) is 10.6 Å². The topological polar surface area (TPSA) is 24.1 Å². The number of rotatable bonds is 6. The molecule has 0 spiro atoms. The first-order valence-electron chi connectivity index (χ1n) is 19.0. The van der Waals surface area contributed by atoms with Gasteiger partial charge in [0.05, 0.1) is 0 Å². The summed E-state index contributed by atoms with van der Waals surface area (Å²) in [5.41, 5.74) is 17.9. The molecule has 6 rings (SSSR count). The number of benzene rings is 4. The average molecular weight is 760 g/mol. The third-order valence-electron chi connectivity index (χ3n) is 10.2. The molecule has 2 N–H and O–H groups in total. The van der Waals surface area contributed by atoms with E-state index in [1.807, 2.05) is 28.2 Å². The Labute approximate surface area is 319 Å². The summed E-state index contributed by atoms with van der Waals surface area (Å²) in [6.07, 6.45) is 7.39.